The normalized spacial score (nSPS) is 15.8. The van der Waals surface area contributed by atoms with E-state index in [1.165, 1.54) is 13.2 Å². The summed E-state index contributed by atoms with van der Waals surface area (Å²) in [7, 11) is 1.39. The number of aromatic amines is 1. The molecule has 0 bridgehead atoms. The third kappa shape index (κ3) is 2.58. The molecule has 0 radical (unpaired) electrons. The van der Waals surface area contributed by atoms with Crippen LogP contribution in [0.3, 0.4) is 0 Å². The number of anilines is 1. The van der Waals surface area contributed by atoms with E-state index in [9.17, 15) is 9.59 Å². The molecule has 1 aromatic heterocycles. The Morgan fingerprint density at radius 1 is 1.29 bits per heavy atom. The highest BCUT2D eigenvalue weighted by molar-refractivity contribution is 5.67. The van der Waals surface area contributed by atoms with E-state index in [1.807, 2.05) is 0 Å². The van der Waals surface area contributed by atoms with Crippen molar-refractivity contribution in [1.29, 1.82) is 0 Å². The second-order valence-electron chi connectivity index (χ2n) is 3.86. The van der Waals surface area contributed by atoms with Gasteiger partial charge in [-0.3, -0.25) is 4.79 Å². The van der Waals surface area contributed by atoms with Crippen LogP contribution in [0.2, 0.25) is 0 Å². The first-order chi connectivity index (χ1) is 8.20. The number of pyridine rings is 1. The maximum absolute atomic E-state index is 11.3. The molecule has 6 nitrogen and oxygen atoms in total. The summed E-state index contributed by atoms with van der Waals surface area (Å²) >= 11 is 0. The Morgan fingerprint density at radius 3 is 2.53 bits per heavy atom. The minimum absolute atomic E-state index is 0.109. The van der Waals surface area contributed by atoms with Crippen LogP contribution in [0.4, 0.5) is 10.5 Å². The van der Waals surface area contributed by atoms with Gasteiger partial charge >= 0.3 is 6.09 Å². The summed E-state index contributed by atoms with van der Waals surface area (Å²) in [6, 6.07) is 3.29. The highest BCUT2D eigenvalue weighted by atomic mass is 16.5. The highest BCUT2D eigenvalue weighted by Crippen LogP contribution is 2.13. The molecule has 17 heavy (non-hydrogen) atoms. The molecule has 1 aromatic rings. The zero-order chi connectivity index (χ0) is 12.3. The first-order valence-corrected chi connectivity index (χ1v) is 5.47. The summed E-state index contributed by atoms with van der Waals surface area (Å²) in [6.45, 7) is 2.74. The Balaban J connectivity index is 1.97. The first-order valence-electron chi connectivity index (χ1n) is 5.47. The largest absolute Gasteiger partial charge is 0.453 e. The van der Waals surface area contributed by atoms with Crippen LogP contribution in [0.5, 0.6) is 0 Å². The van der Waals surface area contributed by atoms with Crippen LogP contribution in [0, 0.1) is 0 Å². The maximum atomic E-state index is 11.3. The summed E-state index contributed by atoms with van der Waals surface area (Å²) in [4.78, 5) is 28.7. The number of nitrogens with one attached hydrogen (secondary N) is 1. The van der Waals surface area contributed by atoms with Gasteiger partial charge < -0.3 is 19.5 Å². The molecule has 92 valence electrons. The molecule has 1 saturated heterocycles. The number of aromatic nitrogens is 1. The molecule has 2 heterocycles. The van der Waals surface area contributed by atoms with E-state index in [4.69, 9.17) is 0 Å². The van der Waals surface area contributed by atoms with E-state index in [0.717, 1.165) is 18.8 Å². The average Bonchev–Trinajstić information content (AvgIpc) is 2.39. The van der Waals surface area contributed by atoms with Crippen LogP contribution in [0.15, 0.2) is 23.1 Å². The summed E-state index contributed by atoms with van der Waals surface area (Å²) < 4.78 is 4.67. The van der Waals surface area contributed by atoms with E-state index >= 15 is 0 Å². The van der Waals surface area contributed by atoms with E-state index in [-0.39, 0.29) is 11.7 Å². The monoisotopic (exact) mass is 237 g/mol. The molecule has 1 aliphatic heterocycles. The Labute approximate surface area is 98.8 Å². The number of carbonyl (C=O) groups is 1. The van der Waals surface area contributed by atoms with Gasteiger partial charge in [-0.2, -0.15) is 0 Å². The molecule has 0 spiro atoms. The lowest BCUT2D eigenvalue weighted by molar-refractivity contribution is 0.121. The molecule has 6 heteroatoms. The Hall–Kier alpha value is -1.98. The number of methoxy groups -OCH3 is 1. The van der Waals surface area contributed by atoms with Gasteiger partial charge in [0.1, 0.15) is 0 Å². The maximum Gasteiger partial charge on any atom is 0.409 e. The number of nitrogens with zero attached hydrogens (tertiary/aromatic N) is 2. The zero-order valence-electron chi connectivity index (χ0n) is 9.68. The van der Waals surface area contributed by atoms with E-state index in [2.05, 4.69) is 14.6 Å². The number of ether oxygens (including phenoxy) is 1. The zero-order valence-corrected chi connectivity index (χ0v) is 9.68. The van der Waals surface area contributed by atoms with Crippen LogP contribution >= 0.6 is 0 Å². The molecule has 1 N–H and O–H groups in total. The molecule has 0 unspecified atom stereocenters. The van der Waals surface area contributed by atoms with Crippen LogP contribution in [0.25, 0.3) is 0 Å². The van der Waals surface area contributed by atoms with Crippen molar-refractivity contribution >= 4 is 11.8 Å². The van der Waals surface area contributed by atoms with Crippen LogP contribution in [-0.4, -0.2) is 49.3 Å². The molecule has 0 aliphatic carbocycles. The number of carbonyl (C=O) groups excluding carboxylic acids is 1. The summed E-state index contributed by atoms with van der Waals surface area (Å²) in [6.07, 6.45) is 1.40. The van der Waals surface area contributed by atoms with Crippen molar-refractivity contribution in [2.45, 2.75) is 0 Å². The number of hydrogen-bond acceptors (Lipinski definition) is 4. The highest BCUT2D eigenvalue weighted by Gasteiger charge is 2.21. The van der Waals surface area contributed by atoms with Gasteiger partial charge in [0, 0.05) is 38.4 Å². The van der Waals surface area contributed by atoms with Crippen molar-refractivity contribution in [3.8, 4) is 0 Å². The lowest BCUT2D eigenvalue weighted by atomic mass is 10.3. The van der Waals surface area contributed by atoms with Gasteiger partial charge in [0.05, 0.1) is 12.8 Å². The van der Waals surface area contributed by atoms with Crippen molar-refractivity contribution in [3.05, 3.63) is 28.7 Å². The topological polar surface area (TPSA) is 65.6 Å². The molecular weight excluding hydrogens is 222 g/mol. The first kappa shape index (κ1) is 11.5. The predicted octanol–water partition coefficient (Wildman–Crippen LogP) is 0.263. The Morgan fingerprint density at radius 2 is 2.00 bits per heavy atom. The molecule has 1 amide bonds. The van der Waals surface area contributed by atoms with E-state index < -0.39 is 0 Å². The number of H-pyrrole nitrogens is 1. The third-order valence-corrected chi connectivity index (χ3v) is 2.85. The van der Waals surface area contributed by atoms with Crippen LogP contribution in [0.1, 0.15) is 0 Å². The van der Waals surface area contributed by atoms with Gasteiger partial charge in [-0.1, -0.05) is 0 Å². The lowest BCUT2D eigenvalue weighted by Crippen LogP contribution is -2.48. The van der Waals surface area contributed by atoms with Gasteiger partial charge in [0.25, 0.3) is 0 Å². The number of piperazine rings is 1. The molecule has 1 aliphatic rings. The summed E-state index contributed by atoms with van der Waals surface area (Å²) in [5, 5.41) is 0. The summed E-state index contributed by atoms with van der Waals surface area (Å²) in [5.74, 6) is 0. The number of amides is 1. The molecule has 0 atom stereocenters. The fourth-order valence-corrected chi connectivity index (χ4v) is 1.88. The van der Waals surface area contributed by atoms with Gasteiger partial charge in [-0.05, 0) is 6.07 Å². The molecule has 0 saturated carbocycles. The van der Waals surface area contributed by atoms with Gasteiger partial charge in [-0.15, -0.1) is 0 Å². The van der Waals surface area contributed by atoms with Crippen molar-refractivity contribution < 1.29 is 9.53 Å². The lowest BCUT2D eigenvalue weighted by Gasteiger charge is -2.35. The standard InChI is InChI=1S/C11H15N3O3/c1-17-11(16)14-6-4-13(5-7-14)9-2-3-10(15)12-8-9/h2-3,8H,4-7H2,1H3,(H,12,15). The van der Waals surface area contributed by atoms with Gasteiger partial charge in [-0.25, -0.2) is 4.79 Å². The molecule has 2 rings (SSSR count). The fourth-order valence-electron chi connectivity index (χ4n) is 1.88. The van der Waals surface area contributed by atoms with Crippen molar-refractivity contribution in [3.63, 3.8) is 0 Å². The predicted molar refractivity (Wildman–Crippen MR) is 63.3 cm³/mol. The van der Waals surface area contributed by atoms with Crippen molar-refractivity contribution in [1.82, 2.24) is 9.88 Å². The number of rotatable bonds is 1. The van der Waals surface area contributed by atoms with Gasteiger partial charge in [0.15, 0.2) is 0 Å². The number of hydrogen-bond donors (Lipinski definition) is 1. The van der Waals surface area contributed by atoms with Crippen LogP contribution in [-0.2, 0) is 4.74 Å². The van der Waals surface area contributed by atoms with E-state index in [0.29, 0.717) is 13.1 Å². The molecular formula is C11H15N3O3. The van der Waals surface area contributed by atoms with Gasteiger partial charge in [0.2, 0.25) is 5.56 Å². The average molecular weight is 237 g/mol. The minimum Gasteiger partial charge on any atom is -0.453 e. The Kier molecular flexibility index (Phi) is 3.32. The summed E-state index contributed by atoms with van der Waals surface area (Å²) in [5.41, 5.74) is 0.857. The van der Waals surface area contributed by atoms with E-state index in [1.54, 1.807) is 17.2 Å². The third-order valence-electron chi connectivity index (χ3n) is 2.85. The SMILES string of the molecule is COC(=O)N1CCN(c2ccc(=O)[nH]c2)CC1. The minimum atomic E-state index is -0.286. The Bertz CT molecular complexity index is 429. The van der Waals surface area contributed by atoms with Crippen LogP contribution < -0.4 is 10.5 Å². The fraction of sp³-hybridized carbons (Fsp3) is 0.455. The quantitative estimate of drug-likeness (QED) is 0.761. The smallest absolute Gasteiger partial charge is 0.409 e. The van der Waals surface area contributed by atoms with Crippen molar-refractivity contribution in [2.75, 3.05) is 38.2 Å². The molecule has 1 fully saturated rings. The second kappa shape index (κ2) is 4.90. The van der Waals surface area contributed by atoms with Crippen molar-refractivity contribution in [2.24, 2.45) is 0 Å². The molecule has 0 aromatic carbocycles. The second-order valence-corrected chi connectivity index (χ2v) is 3.86.